The molecule has 20 heavy (non-hydrogen) atoms. The predicted octanol–water partition coefficient (Wildman–Crippen LogP) is 2.54. The Morgan fingerprint density at radius 1 is 1.50 bits per heavy atom. The highest BCUT2D eigenvalue weighted by Crippen LogP contribution is 2.48. The maximum atomic E-state index is 6.04. The van der Waals surface area contributed by atoms with E-state index in [0.29, 0.717) is 25.7 Å². The van der Waals surface area contributed by atoms with Crippen LogP contribution >= 0.6 is 35.6 Å². The van der Waals surface area contributed by atoms with Crippen LogP contribution in [0.2, 0.25) is 5.02 Å². The average molecular weight is 410 g/mol. The van der Waals surface area contributed by atoms with E-state index in [4.69, 9.17) is 22.1 Å². The lowest BCUT2D eigenvalue weighted by atomic mass is 9.96. The molecule has 0 amide bonds. The summed E-state index contributed by atoms with van der Waals surface area (Å²) < 4.78 is 4.94. The van der Waals surface area contributed by atoms with Gasteiger partial charge in [-0.05, 0) is 30.5 Å². The van der Waals surface area contributed by atoms with Crippen molar-refractivity contribution in [2.45, 2.75) is 18.3 Å². The van der Waals surface area contributed by atoms with E-state index in [9.17, 15) is 0 Å². The van der Waals surface area contributed by atoms with Crippen LogP contribution in [0.4, 0.5) is 0 Å². The van der Waals surface area contributed by atoms with Gasteiger partial charge in [-0.15, -0.1) is 24.0 Å². The lowest BCUT2D eigenvalue weighted by Crippen LogP contribution is -2.34. The zero-order valence-corrected chi connectivity index (χ0v) is 14.7. The number of nitrogens with one attached hydrogen (secondary N) is 1. The van der Waals surface area contributed by atoms with Crippen LogP contribution in [0.1, 0.15) is 18.4 Å². The molecule has 6 heteroatoms. The first-order valence-electron chi connectivity index (χ1n) is 6.45. The molecule has 1 aliphatic rings. The van der Waals surface area contributed by atoms with E-state index in [-0.39, 0.29) is 29.4 Å². The van der Waals surface area contributed by atoms with Crippen molar-refractivity contribution < 1.29 is 4.74 Å². The summed E-state index contributed by atoms with van der Waals surface area (Å²) >= 11 is 6.04. The molecule has 1 saturated carbocycles. The van der Waals surface area contributed by atoms with Gasteiger partial charge in [0.15, 0.2) is 5.96 Å². The topological polar surface area (TPSA) is 59.6 Å². The summed E-state index contributed by atoms with van der Waals surface area (Å²) in [5.74, 6) is 0.477. The number of benzene rings is 1. The third kappa shape index (κ3) is 4.79. The molecule has 0 spiro atoms. The van der Waals surface area contributed by atoms with Crippen LogP contribution in [0.15, 0.2) is 29.3 Å². The van der Waals surface area contributed by atoms with Gasteiger partial charge >= 0.3 is 0 Å². The lowest BCUT2D eigenvalue weighted by molar-refractivity contribution is 0.204. The molecule has 0 aromatic heterocycles. The van der Waals surface area contributed by atoms with E-state index >= 15 is 0 Å². The Hall–Kier alpha value is -0.530. The number of methoxy groups -OCH3 is 1. The molecule has 0 aliphatic heterocycles. The molecule has 0 saturated heterocycles. The second-order valence-corrected chi connectivity index (χ2v) is 5.35. The molecular weight excluding hydrogens is 389 g/mol. The number of guanidine groups is 1. The Balaban J connectivity index is 0.00000200. The lowest BCUT2D eigenvalue weighted by Gasteiger charge is -2.14. The Morgan fingerprint density at radius 2 is 2.25 bits per heavy atom. The fourth-order valence-corrected chi connectivity index (χ4v) is 2.27. The van der Waals surface area contributed by atoms with Gasteiger partial charge in [0.2, 0.25) is 0 Å². The molecule has 0 bridgehead atoms. The fraction of sp³-hybridized carbons (Fsp3) is 0.500. The molecule has 1 aromatic rings. The Bertz CT molecular complexity index is 463. The highest BCUT2D eigenvalue weighted by molar-refractivity contribution is 14.0. The van der Waals surface area contributed by atoms with Crippen molar-refractivity contribution in [3.05, 3.63) is 34.9 Å². The first-order valence-corrected chi connectivity index (χ1v) is 6.83. The molecule has 0 radical (unpaired) electrons. The number of rotatable bonds is 6. The van der Waals surface area contributed by atoms with E-state index in [1.807, 2.05) is 18.2 Å². The number of hydrogen-bond acceptors (Lipinski definition) is 2. The van der Waals surface area contributed by atoms with Gasteiger partial charge in [-0.1, -0.05) is 23.7 Å². The summed E-state index contributed by atoms with van der Waals surface area (Å²) in [5.41, 5.74) is 7.21. The minimum absolute atomic E-state index is 0. The van der Waals surface area contributed by atoms with Gasteiger partial charge in [0.05, 0.1) is 13.2 Å². The van der Waals surface area contributed by atoms with Crippen molar-refractivity contribution in [2.24, 2.45) is 10.7 Å². The van der Waals surface area contributed by atoms with Crippen LogP contribution in [0, 0.1) is 0 Å². The van der Waals surface area contributed by atoms with Crippen LogP contribution in [-0.4, -0.2) is 32.8 Å². The first kappa shape index (κ1) is 17.5. The number of aliphatic imine (C=N–C) groups is 1. The van der Waals surface area contributed by atoms with Crippen LogP contribution < -0.4 is 11.1 Å². The highest BCUT2D eigenvalue weighted by Gasteiger charge is 2.44. The fourth-order valence-electron chi connectivity index (χ4n) is 2.08. The second-order valence-electron chi connectivity index (χ2n) is 4.91. The molecule has 1 aromatic carbocycles. The largest absolute Gasteiger partial charge is 0.383 e. The molecule has 1 fully saturated rings. The summed E-state index contributed by atoms with van der Waals surface area (Å²) in [4.78, 5) is 4.42. The van der Waals surface area contributed by atoms with Gasteiger partial charge in [0.1, 0.15) is 0 Å². The minimum atomic E-state index is 0. The molecule has 0 atom stereocenters. The molecule has 0 unspecified atom stereocenters. The summed E-state index contributed by atoms with van der Waals surface area (Å²) in [5, 5.41) is 3.80. The average Bonchev–Trinajstić information content (AvgIpc) is 3.18. The quantitative estimate of drug-likeness (QED) is 0.328. The number of nitrogens with zero attached hydrogens (tertiary/aromatic N) is 1. The normalized spacial score (nSPS) is 16.4. The van der Waals surface area contributed by atoms with Gasteiger partial charge in [0, 0.05) is 24.1 Å². The molecule has 4 nitrogen and oxygen atoms in total. The van der Waals surface area contributed by atoms with Crippen molar-refractivity contribution in [3.8, 4) is 0 Å². The Labute approximate surface area is 142 Å². The monoisotopic (exact) mass is 409 g/mol. The highest BCUT2D eigenvalue weighted by atomic mass is 127. The third-order valence-electron chi connectivity index (χ3n) is 3.45. The first-order chi connectivity index (χ1) is 9.16. The van der Waals surface area contributed by atoms with Crippen molar-refractivity contribution in [1.82, 2.24) is 5.32 Å². The van der Waals surface area contributed by atoms with E-state index < -0.39 is 0 Å². The third-order valence-corrected chi connectivity index (χ3v) is 3.69. The van der Waals surface area contributed by atoms with E-state index in [0.717, 1.165) is 17.9 Å². The molecule has 3 N–H and O–H groups in total. The van der Waals surface area contributed by atoms with Crippen molar-refractivity contribution in [2.75, 3.05) is 26.8 Å². The summed E-state index contributed by atoms with van der Waals surface area (Å²) in [6, 6.07) is 8.02. The van der Waals surface area contributed by atoms with Crippen molar-refractivity contribution >= 4 is 41.5 Å². The van der Waals surface area contributed by atoms with E-state index in [1.54, 1.807) is 7.11 Å². The standard InChI is InChI=1S/C14H20ClN3O.HI/c1-19-8-7-17-13(16)18-10-14(5-6-14)11-3-2-4-12(15)9-11;/h2-4,9H,5-8,10H2,1H3,(H3,16,17,18);1H. The molecular formula is C14H21ClIN3O. The van der Waals surface area contributed by atoms with Crippen LogP contribution in [0.5, 0.6) is 0 Å². The van der Waals surface area contributed by atoms with Gasteiger partial charge in [-0.25, -0.2) is 0 Å². The van der Waals surface area contributed by atoms with Gasteiger partial charge in [0.25, 0.3) is 0 Å². The second kappa shape index (κ2) is 8.05. The minimum Gasteiger partial charge on any atom is -0.383 e. The number of hydrogen-bond donors (Lipinski definition) is 2. The van der Waals surface area contributed by atoms with Gasteiger partial charge in [-0.3, -0.25) is 4.99 Å². The zero-order chi connectivity index (χ0) is 13.7. The predicted molar refractivity (Wildman–Crippen MR) is 94.1 cm³/mol. The molecule has 112 valence electrons. The Kier molecular flexibility index (Phi) is 7.05. The Morgan fingerprint density at radius 3 is 2.85 bits per heavy atom. The smallest absolute Gasteiger partial charge is 0.188 e. The number of nitrogens with two attached hydrogens (primary N) is 1. The number of ether oxygens (including phenoxy) is 1. The maximum Gasteiger partial charge on any atom is 0.188 e. The van der Waals surface area contributed by atoms with E-state index in [2.05, 4.69) is 16.4 Å². The van der Waals surface area contributed by atoms with Crippen LogP contribution in [-0.2, 0) is 10.2 Å². The van der Waals surface area contributed by atoms with E-state index in [1.165, 1.54) is 5.56 Å². The zero-order valence-electron chi connectivity index (χ0n) is 11.6. The molecule has 1 aliphatic carbocycles. The summed E-state index contributed by atoms with van der Waals surface area (Å²) in [6.45, 7) is 2.00. The molecule has 0 heterocycles. The van der Waals surface area contributed by atoms with Gasteiger partial charge in [-0.2, -0.15) is 0 Å². The SMILES string of the molecule is COCCNC(N)=NCC1(c2cccc(Cl)c2)CC1.I. The maximum absolute atomic E-state index is 6.04. The summed E-state index contributed by atoms with van der Waals surface area (Å²) in [6.07, 6.45) is 2.28. The number of halogens is 2. The van der Waals surface area contributed by atoms with Crippen LogP contribution in [0.3, 0.4) is 0 Å². The van der Waals surface area contributed by atoms with Crippen molar-refractivity contribution in [1.29, 1.82) is 0 Å². The van der Waals surface area contributed by atoms with Crippen LogP contribution in [0.25, 0.3) is 0 Å². The molecule has 2 rings (SSSR count). The summed E-state index contributed by atoms with van der Waals surface area (Å²) in [7, 11) is 1.66. The van der Waals surface area contributed by atoms with Gasteiger partial charge < -0.3 is 15.8 Å². The van der Waals surface area contributed by atoms with Crippen molar-refractivity contribution in [3.63, 3.8) is 0 Å².